The van der Waals surface area contributed by atoms with E-state index in [1.807, 2.05) is 12.1 Å². The van der Waals surface area contributed by atoms with Gasteiger partial charge in [0.15, 0.2) is 0 Å². The van der Waals surface area contributed by atoms with E-state index in [0.717, 1.165) is 5.56 Å². The van der Waals surface area contributed by atoms with Crippen molar-refractivity contribution in [1.82, 2.24) is 20.3 Å². The number of nitrogens with one attached hydrogen (secondary N) is 1. The summed E-state index contributed by atoms with van der Waals surface area (Å²) in [5.74, 6) is 0.607. The van der Waals surface area contributed by atoms with Crippen LogP contribution in [-0.4, -0.2) is 28.1 Å². The molecule has 7 nitrogen and oxygen atoms in total. The van der Waals surface area contributed by atoms with Gasteiger partial charge in [0, 0.05) is 0 Å². The number of benzene rings is 1. The van der Waals surface area contributed by atoms with Crippen molar-refractivity contribution < 1.29 is 9.53 Å². The molecule has 0 radical (unpaired) electrons. The number of hydrogen-bond donors (Lipinski definition) is 2. The molecular formula is C14H18ClN5O2. The highest BCUT2D eigenvalue weighted by atomic mass is 35.5. The third-order valence-electron chi connectivity index (χ3n) is 3.17. The molecule has 0 aliphatic rings. The summed E-state index contributed by atoms with van der Waals surface area (Å²) in [6, 6.07) is 4.89. The molecule has 3 N–H and O–H groups in total. The molecule has 0 atom stereocenters. The Balaban J connectivity index is 2.17. The van der Waals surface area contributed by atoms with Crippen LogP contribution >= 0.6 is 11.6 Å². The lowest BCUT2D eigenvalue weighted by atomic mass is 10.0. The molecule has 22 heavy (non-hydrogen) atoms. The van der Waals surface area contributed by atoms with Crippen molar-refractivity contribution in [1.29, 1.82) is 0 Å². The number of rotatable bonds is 5. The average molecular weight is 324 g/mol. The molecule has 0 bridgehead atoms. The highest BCUT2D eigenvalue weighted by Crippen LogP contribution is 2.25. The molecule has 2 aromatic rings. The first kappa shape index (κ1) is 16.1. The first-order valence-corrected chi connectivity index (χ1v) is 7.00. The number of nitrogens with two attached hydrogens (primary N) is 1. The average Bonchev–Trinajstić information content (AvgIpc) is 2.89. The Bertz CT molecular complexity index is 684. The topological polar surface area (TPSA) is 95.1 Å². The van der Waals surface area contributed by atoms with Gasteiger partial charge in [-0.15, -0.1) is 5.10 Å². The normalized spacial score (nSPS) is 11.3. The van der Waals surface area contributed by atoms with E-state index < -0.39 is 11.6 Å². The van der Waals surface area contributed by atoms with Gasteiger partial charge in [-0.2, -0.15) is 0 Å². The highest BCUT2D eigenvalue weighted by molar-refractivity contribution is 6.32. The highest BCUT2D eigenvalue weighted by Gasteiger charge is 2.25. The SMILES string of the molecule is COc1cc(Cn2cc(C(C)(C)NC(N)=O)nn2)ccc1Cl. The smallest absolute Gasteiger partial charge is 0.312 e. The summed E-state index contributed by atoms with van der Waals surface area (Å²) in [6.07, 6.45) is 1.76. The van der Waals surface area contributed by atoms with E-state index in [-0.39, 0.29) is 0 Å². The second kappa shape index (κ2) is 6.23. The number of methoxy groups -OCH3 is 1. The number of nitrogens with zero attached hydrogens (tertiary/aromatic N) is 3. The summed E-state index contributed by atoms with van der Waals surface area (Å²) in [6.45, 7) is 4.11. The number of carbonyl (C=O) groups is 1. The maximum Gasteiger partial charge on any atom is 0.312 e. The molecular weight excluding hydrogens is 306 g/mol. The Labute approximate surface area is 133 Å². The predicted octanol–water partition coefficient (Wildman–Crippen LogP) is 1.89. The summed E-state index contributed by atoms with van der Waals surface area (Å²) in [5, 5.41) is 11.3. The van der Waals surface area contributed by atoms with Crippen molar-refractivity contribution in [2.24, 2.45) is 5.73 Å². The Hall–Kier alpha value is -2.28. The molecule has 1 heterocycles. The van der Waals surface area contributed by atoms with Crippen molar-refractivity contribution >= 4 is 17.6 Å². The minimum Gasteiger partial charge on any atom is -0.495 e. The van der Waals surface area contributed by atoms with E-state index in [9.17, 15) is 4.79 Å². The van der Waals surface area contributed by atoms with E-state index in [0.29, 0.717) is 23.0 Å². The van der Waals surface area contributed by atoms with Gasteiger partial charge in [0.25, 0.3) is 0 Å². The summed E-state index contributed by atoms with van der Waals surface area (Å²) in [5.41, 5.74) is 6.06. The standard InChI is InChI=1S/C14H18ClN5O2/c1-14(2,17-13(16)21)12-8-20(19-18-12)7-9-4-5-10(15)11(6-9)22-3/h4-6,8H,7H2,1-3H3,(H3,16,17,21). The van der Waals surface area contributed by atoms with Gasteiger partial charge in [0.05, 0.1) is 30.4 Å². The molecule has 0 spiro atoms. The van der Waals surface area contributed by atoms with E-state index in [2.05, 4.69) is 15.6 Å². The molecule has 0 fully saturated rings. The van der Waals surface area contributed by atoms with Gasteiger partial charge in [0.1, 0.15) is 11.4 Å². The van der Waals surface area contributed by atoms with Gasteiger partial charge in [-0.3, -0.25) is 0 Å². The van der Waals surface area contributed by atoms with Crippen LogP contribution < -0.4 is 15.8 Å². The van der Waals surface area contributed by atoms with Crippen molar-refractivity contribution in [2.45, 2.75) is 25.9 Å². The van der Waals surface area contributed by atoms with Crippen LogP contribution in [0.1, 0.15) is 25.1 Å². The molecule has 1 aromatic heterocycles. The number of amides is 2. The fourth-order valence-electron chi connectivity index (χ4n) is 2.02. The number of carbonyl (C=O) groups excluding carboxylic acids is 1. The summed E-state index contributed by atoms with van der Waals surface area (Å²) in [4.78, 5) is 11.0. The lowest BCUT2D eigenvalue weighted by Crippen LogP contribution is -2.44. The van der Waals surface area contributed by atoms with Gasteiger partial charge in [0.2, 0.25) is 0 Å². The van der Waals surface area contributed by atoms with Crippen LogP contribution in [0.5, 0.6) is 5.75 Å². The number of primary amides is 1. The van der Waals surface area contributed by atoms with Crippen LogP contribution in [0.25, 0.3) is 0 Å². The second-order valence-electron chi connectivity index (χ2n) is 5.38. The molecule has 0 saturated heterocycles. The van der Waals surface area contributed by atoms with Gasteiger partial charge in [-0.1, -0.05) is 22.9 Å². The monoisotopic (exact) mass is 323 g/mol. The van der Waals surface area contributed by atoms with Gasteiger partial charge < -0.3 is 15.8 Å². The second-order valence-corrected chi connectivity index (χ2v) is 5.79. The molecule has 0 aliphatic carbocycles. The van der Waals surface area contributed by atoms with Crippen LogP contribution in [0, 0.1) is 0 Å². The van der Waals surface area contributed by atoms with Gasteiger partial charge >= 0.3 is 6.03 Å². The maximum atomic E-state index is 11.0. The van der Waals surface area contributed by atoms with Crippen LogP contribution in [-0.2, 0) is 12.1 Å². The van der Waals surface area contributed by atoms with Crippen molar-refractivity contribution in [2.75, 3.05) is 7.11 Å². The van der Waals surface area contributed by atoms with Crippen molar-refractivity contribution in [3.8, 4) is 5.75 Å². The molecule has 0 unspecified atom stereocenters. The zero-order valence-electron chi connectivity index (χ0n) is 12.6. The predicted molar refractivity (Wildman–Crippen MR) is 82.9 cm³/mol. The van der Waals surface area contributed by atoms with Crippen LogP contribution in [0.3, 0.4) is 0 Å². The Morgan fingerprint density at radius 3 is 2.86 bits per heavy atom. The number of hydrogen-bond acceptors (Lipinski definition) is 4. The fraction of sp³-hybridized carbons (Fsp3) is 0.357. The van der Waals surface area contributed by atoms with E-state index in [1.54, 1.807) is 37.9 Å². The molecule has 0 aliphatic heterocycles. The lowest BCUT2D eigenvalue weighted by molar-refractivity contribution is 0.238. The van der Waals surface area contributed by atoms with Gasteiger partial charge in [-0.05, 0) is 31.5 Å². The Morgan fingerprint density at radius 1 is 1.50 bits per heavy atom. The minimum atomic E-state index is -0.693. The largest absolute Gasteiger partial charge is 0.495 e. The number of urea groups is 1. The molecule has 2 rings (SSSR count). The molecule has 118 valence electrons. The third kappa shape index (κ3) is 3.67. The number of halogens is 1. The van der Waals surface area contributed by atoms with Crippen molar-refractivity contribution in [3.05, 3.63) is 40.7 Å². The first-order valence-electron chi connectivity index (χ1n) is 6.62. The molecule has 1 aromatic carbocycles. The van der Waals surface area contributed by atoms with E-state index >= 15 is 0 Å². The van der Waals surface area contributed by atoms with Gasteiger partial charge in [-0.25, -0.2) is 9.48 Å². The van der Waals surface area contributed by atoms with Crippen LogP contribution in [0.15, 0.2) is 24.4 Å². The third-order valence-corrected chi connectivity index (χ3v) is 3.49. The number of aromatic nitrogens is 3. The van der Waals surface area contributed by atoms with E-state index in [4.69, 9.17) is 22.1 Å². The quantitative estimate of drug-likeness (QED) is 0.878. The zero-order valence-corrected chi connectivity index (χ0v) is 13.4. The maximum absolute atomic E-state index is 11.0. The summed E-state index contributed by atoms with van der Waals surface area (Å²) in [7, 11) is 1.57. The zero-order chi connectivity index (χ0) is 16.3. The summed E-state index contributed by atoms with van der Waals surface area (Å²) < 4.78 is 6.86. The first-order chi connectivity index (χ1) is 10.3. The van der Waals surface area contributed by atoms with Crippen LogP contribution in [0.2, 0.25) is 5.02 Å². The molecule has 2 amide bonds. The Morgan fingerprint density at radius 2 is 2.23 bits per heavy atom. The molecule has 8 heteroatoms. The Kier molecular flexibility index (Phi) is 4.56. The molecule has 0 saturated carbocycles. The fourth-order valence-corrected chi connectivity index (χ4v) is 2.22. The van der Waals surface area contributed by atoms with E-state index in [1.165, 1.54) is 0 Å². The number of ether oxygens (including phenoxy) is 1. The van der Waals surface area contributed by atoms with Crippen molar-refractivity contribution in [3.63, 3.8) is 0 Å². The van der Waals surface area contributed by atoms with Crippen LogP contribution in [0.4, 0.5) is 4.79 Å². The summed E-state index contributed by atoms with van der Waals surface area (Å²) >= 11 is 6.00. The lowest BCUT2D eigenvalue weighted by Gasteiger charge is -2.21. The minimum absolute atomic E-state index is 0.507.